The minimum absolute atomic E-state index is 0.339. The quantitative estimate of drug-likeness (QED) is 0.336. The predicted molar refractivity (Wildman–Crippen MR) is 134 cm³/mol. The molecule has 4 aromatic rings. The van der Waals surface area contributed by atoms with E-state index >= 15 is 0 Å². The molecule has 2 aromatic heterocycles. The normalized spacial score (nSPS) is 10.8. The Balaban J connectivity index is 1.30. The number of hydrogen-bond donors (Lipinski definition) is 1. The molecule has 0 saturated carbocycles. The van der Waals surface area contributed by atoms with Gasteiger partial charge in [-0.15, -0.1) is 11.3 Å². The first-order valence-electron chi connectivity index (χ1n) is 11.1. The second-order valence-corrected chi connectivity index (χ2v) is 8.95. The number of carbonyl (C=O) groups is 2. The Morgan fingerprint density at radius 1 is 1.00 bits per heavy atom. The summed E-state index contributed by atoms with van der Waals surface area (Å²) in [6.07, 6.45) is 0.605. The van der Waals surface area contributed by atoms with Crippen LogP contribution in [0.2, 0.25) is 0 Å². The van der Waals surface area contributed by atoms with Crippen molar-refractivity contribution in [3.8, 4) is 11.5 Å². The number of esters is 1. The Kier molecular flexibility index (Phi) is 7.67. The molecule has 182 valence electrons. The van der Waals surface area contributed by atoms with Crippen LogP contribution in [-0.4, -0.2) is 49.0 Å². The van der Waals surface area contributed by atoms with Crippen molar-refractivity contribution >= 4 is 33.4 Å². The molecule has 8 nitrogen and oxygen atoms in total. The van der Waals surface area contributed by atoms with Gasteiger partial charge in [-0.1, -0.05) is 36.4 Å². The molecular weight excluding hydrogens is 466 g/mol. The van der Waals surface area contributed by atoms with Crippen molar-refractivity contribution in [1.82, 2.24) is 15.1 Å². The van der Waals surface area contributed by atoms with E-state index in [0.717, 1.165) is 27.0 Å². The molecule has 1 N–H and O–H groups in total. The fourth-order valence-electron chi connectivity index (χ4n) is 3.71. The number of aromatic nitrogens is 2. The molecule has 0 aliphatic heterocycles. The summed E-state index contributed by atoms with van der Waals surface area (Å²) in [4.78, 5) is 26.1. The minimum Gasteiger partial charge on any atom is -0.493 e. The molecule has 2 aromatic carbocycles. The van der Waals surface area contributed by atoms with Gasteiger partial charge in [0.05, 0.1) is 26.5 Å². The van der Waals surface area contributed by atoms with E-state index in [4.69, 9.17) is 14.2 Å². The molecule has 0 bridgehead atoms. The first-order valence-corrected chi connectivity index (χ1v) is 12.0. The molecular formula is C26H27N3O5S. The molecule has 1 amide bonds. The third-order valence-electron chi connectivity index (χ3n) is 5.50. The molecule has 0 fully saturated rings. The molecule has 0 unspecified atom stereocenters. The number of nitrogens with one attached hydrogen (secondary N) is 1. The van der Waals surface area contributed by atoms with Crippen LogP contribution in [0.5, 0.6) is 11.5 Å². The Morgan fingerprint density at radius 3 is 2.51 bits per heavy atom. The highest BCUT2D eigenvalue weighted by Crippen LogP contribution is 2.29. The number of benzene rings is 2. The zero-order chi connectivity index (χ0) is 24.8. The van der Waals surface area contributed by atoms with Crippen molar-refractivity contribution in [3.05, 3.63) is 76.3 Å². The van der Waals surface area contributed by atoms with E-state index in [2.05, 4.69) is 10.4 Å². The van der Waals surface area contributed by atoms with E-state index < -0.39 is 5.97 Å². The molecule has 9 heteroatoms. The van der Waals surface area contributed by atoms with Gasteiger partial charge in [-0.05, 0) is 42.7 Å². The smallest absolute Gasteiger partial charge is 0.348 e. The maximum absolute atomic E-state index is 12.6. The lowest BCUT2D eigenvalue weighted by Gasteiger charge is -2.10. The lowest BCUT2D eigenvalue weighted by Crippen LogP contribution is -2.30. The van der Waals surface area contributed by atoms with Gasteiger partial charge in [0, 0.05) is 11.9 Å². The molecule has 35 heavy (non-hydrogen) atoms. The summed E-state index contributed by atoms with van der Waals surface area (Å²) in [5.74, 6) is 0.408. The average Bonchev–Trinajstić information content (AvgIpc) is 3.44. The number of carbonyl (C=O) groups excluding carboxylic acids is 2. The molecule has 0 atom stereocenters. The van der Waals surface area contributed by atoms with Crippen molar-refractivity contribution in [2.24, 2.45) is 0 Å². The van der Waals surface area contributed by atoms with Crippen molar-refractivity contribution in [1.29, 1.82) is 0 Å². The van der Waals surface area contributed by atoms with Crippen molar-refractivity contribution in [2.75, 3.05) is 27.4 Å². The summed E-state index contributed by atoms with van der Waals surface area (Å²) in [7, 11) is 3.16. The number of rotatable bonds is 10. The molecule has 2 heterocycles. The fourth-order valence-corrected chi connectivity index (χ4v) is 4.77. The van der Waals surface area contributed by atoms with Crippen LogP contribution < -0.4 is 14.8 Å². The highest BCUT2D eigenvalue weighted by Gasteiger charge is 2.18. The van der Waals surface area contributed by atoms with Gasteiger partial charge in [-0.3, -0.25) is 9.48 Å². The van der Waals surface area contributed by atoms with Crippen LogP contribution in [-0.2, 0) is 22.5 Å². The standard InChI is InChI=1S/C26H27N3O5S/c1-17-20-14-23(35-25(20)29(28-17)15-19-7-5-4-6-8-19)26(31)34-16-24(30)27-12-11-18-9-10-21(32-2)22(13-18)33-3/h4-10,13-14H,11-12,15-16H2,1-3H3,(H,27,30). The third-order valence-corrected chi connectivity index (χ3v) is 6.63. The van der Waals surface area contributed by atoms with Crippen molar-refractivity contribution < 1.29 is 23.8 Å². The highest BCUT2D eigenvalue weighted by molar-refractivity contribution is 7.20. The fraction of sp³-hybridized carbons (Fsp3) is 0.269. The van der Waals surface area contributed by atoms with Crippen LogP contribution in [0.25, 0.3) is 10.2 Å². The monoisotopic (exact) mass is 493 g/mol. The minimum atomic E-state index is -0.521. The van der Waals surface area contributed by atoms with Gasteiger partial charge in [0.2, 0.25) is 0 Å². The summed E-state index contributed by atoms with van der Waals surface area (Å²) in [6.45, 7) is 2.59. The van der Waals surface area contributed by atoms with Crippen molar-refractivity contribution in [3.63, 3.8) is 0 Å². The zero-order valence-corrected chi connectivity index (χ0v) is 20.7. The predicted octanol–water partition coefficient (Wildman–Crippen LogP) is 3.99. The van der Waals surface area contributed by atoms with Gasteiger partial charge in [0.15, 0.2) is 18.1 Å². The maximum atomic E-state index is 12.6. The third kappa shape index (κ3) is 5.81. The van der Waals surface area contributed by atoms with E-state index in [-0.39, 0.29) is 12.5 Å². The molecule has 0 aliphatic carbocycles. The summed E-state index contributed by atoms with van der Waals surface area (Å²) in [5.41, 5.74) is 2.96. The first kappa shape index (κ1) is 24.3. The summed E-state index contributed by atoms with van der Waals surface area (Å²) >= 11 is 1.32. The van der Waals surface area contributed by atoms with Crippen LogP contribution in [0.3, 0.4) is 0 Å². The van der Waals surface area contributed by atoms with Crippen LogP contribution >= 0.6 is 11.3 Å². The number of hydrogen-bond acceptors (Lipinski definition) is 7. The van der Waals surface area contributed by atoms with Crippen LogP contribution in [0.1, 0.15) is 26.5 Å². The van der Waals surface area contributed by atoms with E-state index in [1.165, 1.54) is 11.3 Å². The van der Waals surface area contributed by atoms with Crippen LogP contribution in [0.4, 0.5) is 0 Å². The van der Waals surface area contributed by atoms with E-state index in [9.17, 15) is 9.59 Å². The van der Waals surface area contributed by atoms with E-state index in [0.29, 0.717) is 35.9 Å². The average molecular weight is 494 g/mol. The SMILES string of the molecule is COc1ccc(CCNC(=O)COC(=O)c2cc3c(C)nn(Cc4ccccc4)c3s2)cc1OC. The number of amides is 1. The summed E-state index contributed by atoms with van der Waals surface area (Å²) in [5, 5.41) is 8.28. The van der Waals surface area contributed by atoms with Gasteiger partial charge >= 0.3 is 5.97 Å². The first-order chi connectivity index (χ1) is 17.0. The topological polar surface area (TPSA) is 91.7 Å². The largest absolute Gasteiger partial charge is 0.493 e. The Hall–Kier alpha value is -3.85. The second-order valence-electron chi connectivity index (χ2n) is 7.92. The molecule has 4 rings (SSSR count). The second kappa shape index (κ2) is 11.1. The number of nitrogens with zero attached hydrogens (tertiary/aromatic N) is 2. The van der Waals surface area contributed by atoms with Crippen molar-refractivity contribution in [2.45, 2.75) is 19.9 Å². The van der Waals surface area contributed by atoms with Gasteiger partial charge < -0.3 is 19.5 Å². The number of fused-ring (bicyclic) bond motifs is 1. The lowest BCUT2D eigenvalue weighted by molar-refractivity contribution is -0.124. The molecule has 0 radical (unpaired) electrons. The van der Waals surface area contributed by atoms with Gasteiger partial charge in [0.1, 0.15) is 9.71 Å². The summed E-state index contributed by atoms with van der Waals surface area (Å²) < 4.78 is 17.7. The van der Waals surface area contributed by atoms with Crippen LogP contribution in [0, 0.1) is 6.92 Å². The Labute approximate surface area is 207 Å². The highest BCUT2D eigenvalue weighted by atomic mass is 32.1. The number of ether oxygens (including phenoxy) is 3. The van der Waals surface area contributed by atoms with Gasteiger partial charge in [-0.25, -0.2) is 4.79 Å². The number of aryl methyl sites for hydroxylation is 1. The van der Waals surface area contributed by atoms with E-state index in [1.807, 2.05) is 60.1 Å². The summed E-state index contributed by atoms with van der Waals surface area (Å²) in [6, 6.07) is 17.4. The van der Waals surface area contributed by atoms with Gasteiger partial charge in [0.25, 0.3) is 5.91 Å². The zero-order valence-electron chi connectivity index (χ0n) is 19.9. The van der Waals surface area contributed by atoms with Crippen LogP contribution in [0.15, 0.2) is 54.6 Å². The molecule has 0 saturated heterocycles. The lowest BCUT2D eigenvalue weighted by atomic mass is 10.1. The maximum Gasteiger partial charge on any atom is 0.348 e. The van der Waals surface area contributed by atoms with Gasteiger partial charge in [-0.2, -0.15) is 5.10 Å². The Morgan fingerprint density at radius 2 is 1.77 bits per heavy atom. The molecule has 0 aliphatic rings. The van der Waals surface area contributed by atoms with E-state index in [1.54, 1.807) is 20.3 Å². The molecule has 0 spiro atoms. The Bertz CT molecular complexity index is 1330. The number of thiophene rings is 1. The number of methoxy groups -OCH3 is 2.